The Kier molecular flexibility index (Phi) is 7.31. The first-order valence-electron chi connectivity index (χ1n) is 8.03. The summed E-state index contributed by atoms with van der Waals surface area (Å²) in [5.74, 6) is 0.789. The van der Waals surface area contributed by atoms with Gasteiger partial charge < -0.3 is 16.6 Å². The number of carbonyl (C=O) groups excluding carboxylic acids is 1. The van der Waals surface area contributed by atoms with E-state index in [9.17, 15) is 4.79 Å². The third-order valence-corrected chi connectivity index (χ3v) is 3.95. The Morgan fingerprint density at radius 1 is 1.00 bits per heavy atom. The van der Waals surface area contributed by atoms with E-state index in [2.05, 4.69) is 20.2 Å². The van der Waals surface area contributed by atoms with E-state index in [1.807, 2.05) is 6.92 Å². The number of fused-ring (bicyclic) bond motifs is 2. The van der Waals surface area contributed by atoms with Gasteiger partial charge in [-0.2, -0.15) is 19.2 Å². The van der Waals surface area contributed by atoms with Gasteiger partial charge in [0.05, 0.1) is 30.3 Å². The van der Waals surface area contributed by atoms with Crippen molar-refractivity contribution in [1.82, 2.24) is 29.2 Å². The fourth-order valence-electron chi connectivity index (χ4n) is 2.56. The van der Waals surface area contributed by atoms with Gasteiger partial charge in [0.1, 0.15) is 11.6 Å². The second kappa shape index (κ2) is 9.68. The predicted molar refractivity (Wildman–Crippen MR) is 97.0 cm³/mol. The first-order valence-corrected chi connectivity index (χ1v) is 8.99. The molecule has 0 saturated carbocycles. The van der Waals surface area contributed by atoms with Crippen molar-refractivity contribution in [2.75, 3.05) is 11.5 Å². The Bertz CT molecular complexity index is 1200. The third kappa shape index (κ3) is 4.54. The Morgan fingerprint density at radius 2 is 1.48 bits per heavy atom. The second-order valence-electron chi connectivity index (χ2n) is 5.60. The molecule has 0 aliphatic rings. The Morgan fingerprint density at radius 3 is 1.97 bits per heavy atom. The van der Waals surface area contributed by atoms with Gasteiger partial charge in [-0.25, -0.2) is 9.97 Å². The molecular weight excluding hydrogens is 423 g/mol. The van der Waals surface area contributed by atoms with Crippen molar-refractivity contribution in [3.05, 3.63) is 47.0 Å². The molecule has 5 N–H and O–H groups in total. The number of carbonyl (C=O) groups is 1. The van der Waals surface area contributed by atoms with Crippen molar-refractivity contribution in [2.24, 2.45) is 0 Å². The SMILES string of the molecule is Cc1nc2ccnn2c(N)c1C=O.Cc1nc2ccnn2c(N)c1CO.[O]=[Mn]=[O]. The van der Waals surface area contributed by atoms with Crippen molar-refractivity contribution in [1.29, 1.82) is 0 Å². The van der Waals surface area contributed by atoms with Crippen LogP contribution in [0.25, 0.3) is 11.3 Å². The van der Waals surface area contributed by atoms with Crippen LogP contribution in [0, 0.1) is 13.8 Å². The number of nitrogens with zero attached hydrogens (tertiary/aromatic N) is 6. The average Bonchev–Trinajstić information content (AvgIpc) is 3.33. The number of anilines is 2. The number of rotatable bonds is 2. The molecule has 0 amide bonds. The van der Waals surface area contributed by atoms with Gasteiger partial charge in [0.25, 0.3) is 0 Å². The maximum absolute atomic E-state index is 10.7. The van der Waals surface area contributed by atoms with E-state index in [1.54, 1.807) is 31.5 Å². The molecule has 0 saturated heterocycles. The Labute approximate surface area is 170 Å². The molecule has 4 rings (SSSR count). The summed E-state index contributed by atoms with van der Waals surface area (Å²) in [4.78, 5) is 19.0. The van der Waals surface area contributed by atoms with E-state index in [1.165, 1.54) is 9.03 Å². The van der Waals surface area contributed by atoms with Gasteiger partial charge in [-0.15, -0.1) is 0 Å². The summed E-state index contributed by atoms with van der Waals surface area (Å²) in [5, 5.41) is 17.0. The molecule has 0 radical (unpaired) electrons. The summed E-state index contributed by atoms with van der Waals surface area (Å²) in [6.07, 6.45) is 3.91. The number of aliphatic hydroxyl groups excluding tert-OH is 1. The number of aldehydes is 1. The summed E-state index contributed by atoms with van der Waals surface area (Å²) >= 11 is -1.44. The van der Waals surface area contributed by atoms with Crippen LogP contribution in [0.2, 0.25) is 0 Å². The number of aromatic nitrogens is 6. The number of nitrogen functional groups attached to an aromatic ring is 2. The summed E-state index contributed by atoms with van der Waals surface area (Å²) in [6.45, 7) is 3.45. The van der Waals surface area contributed by atoms with E-state index in [-0.39, 0.29) is 6.61 Å². The van der Waals surface area contributed by atoms with Crippen LogP contribution in [0.15, 0.2) is 24.5 Å². The molecular formula is C16H18MnN8O4. The third-order valence-electron chi connectivity index (χ3n) is 3.95. The van der Waals surface area contributed by atoms with Crippen LogP contribution in [0.5, 0.6) is 0 Å². The summed E-state index contributed by atoms with van der Waals surface area (Å²) in [6, 6.07) is 3.50. The number of aliphatic hydroxyl groups is 1. The van der Waals surface area contributed by atoms with E-state index < -0.39 is 14.8 Å². The fourth-order valence-corrected chi connectivity index (χ4v) is 2.56. The summed E-state index contributed by atoms with van der Waals surface area (Å²) in [7, 11) is 0. The zero-order chi connectivity index (χ0) is 21.6. The normalized spacial score (nSPS) is 10.0. The van der Waals surface area contributed by atoms with E-state index in [0.717, 1.165) is 5.69 Å². The van der Waals surface area contributed by atoms with Gasteiger partial charge in [0.2, 0.25) is 0 Å². The van der Waals surface area contributed by atoms with E-state index in [4.69, 9.17) is 24.2 Å². The number of hydrogen-bond acceptors (Lipinski definition) is 10. The second-order valence-corrected chi connectivity index (χ2v) is 5.80. The van der Waals surface area contributed by atoms with Crippen molar-refractivity contribution in [3.63, 3.8) is 0 Å². The molecule has 4 aromatic heterocycles. The fraction of sp³-hybridized carbons (Fsp3) is 0.188. The van der Waals surface area contributed by atoms with E-state index in [0.29, 0.717) is 46.0 Å². The molecule has 0 aliphatic carbocycles. The molecule has 0 aromatic carbocycles. The van der Waals surface area contributed by atoms with Crippen LogP contribution in [-0.2, 0) is 29.1 Å². The topological polar surface area (TPSA) is 184 Å². The number of hydrogen-bond donors (Lipinski definition) is 3. The Hall–Kier alpha value is -3.41. The quantitative estimate of drug-likeness (QED) is 0.289. The van der Waals surface area contributed by atoms with Crippen molar-refractivity contribution >= 4 is 29.2 Å². The van der Waals surface area contributed by atoms with Crippen molar-refractivity contribution in [3.8, 4) is 0 Å². The molecule has 12 nitrogen and oxygen atoms in total. The molecule has 4 heterocycles. The molecule has 0 fully saturated rings. The first-order chi connectivity index (χ1) is 13.9. The van der Waals surface area contributed by atoms with E-state index >= 15 is 0 Å². The van der Waals surface area contributed by atoms with Gasteiger partial charge >= 0.3 is 22.5 Å². The Balaban J connectivity index is 0.000000183. The number of nitrogens with two attached hydrogens (primary N) is 2. The minimum absolute atomic E-state index is 0.111. The zero-order valence-corrected chi connectivity index (χ0v) is 16.7. The average molecular weight is 441 g/mol. The van der Waals surface area contributed by atoms with Crippen LogP contribution < -0.4 is 11.5 Å². The van der Waals surface area contributed by atoms with Crippen LogP contribution in [0.3, 0.4) is 0 Å². The van der Waals surface area contributed by atoms with Crippen LogP contribution in [0.4, 0.5) is 11.6 Å². The molecule has 29 heavy (non-hydrogen) atoms. The van der Waals surface area contributed by atoms with Gasteiger partial charge in [0.15, 0.2) is 17.6 Å². The standard InChI is InChI=1S/C8H10N4O.C8H8N4O.Mn.2O/c2*1-5-6(4-13)8(9)12-7(11-5)2-3-10-12;;;/h2-3,13H,4,9H2,1H3;2-4H,9H2,1H3;;;. The van der Waals surface area contributed by atoms with Crippen molar-refractivity contribution in [2.45, 2.75) is 20.5 Å². The van der Waals surface area contributed by atoms with Gasteiger partial charge in [-0.1, -0.05) is 0 Å². The van der Waals surface area contributed by atoms with Crippen molar-refractivity contribution < 1.29 is 32.4 Å². The molecule has 153 valence electrons. The minimum atomic E-state index is -1.44. The summed E-state index contributed by atoms with van der Waals surface area (Å²) < 4.78 is 19.8. The van der Waals surface area contributed by atoms with Crippen LogP contribution in [0.1, 0.15) is 27.3 Å². The molecule has 0 unspecified atom stereocenters. The van der Waals surface area contributed by atoms with Gasteiger partial charge in [0, 0.05) is 23.4 Å². The molecule has 4 aromatic rings. The molecule has 0 spiro atoms. The molecule has 13 heteroatoms. The van der Waals surface area contributed by atoms with Gasteiger partial charge in [-0.05, 0) is 13.8 Å². The predicted octanol–water partition coefficient (Wildman–Crippen LogP) is 0.305. The first kappa shape index (κ1) is 21.9. The zero-order valence-electron chi connectivity index (χ0n) is 15.5. The maximum atomic E-state index is 10.7. The summed E-state index contributed by atoms with van der Waals surface area (Å²) in [5.41, 5.74) is 15.2. The number of aryl methyl sites for hydroxylation is 2. The molecule has 0 bridgehead atoms. The molecule has 0 aliphatic heterocycles. The van der Waals surface area contributed by atoms with Gasteiger partial charge in [-0.3, -0.25) is 4.79 Å². The molecule has 0 atom stereocenters. The van der Waals surface area contributed by atoms with Crippen LogP contribution >= 0.6 is 0 Å². The van der Waals surface area contributed by atoms with Crippen LogP contribution in [-0.4, -0.2) is 40.6 Å². The monoisotopic (exact) mass is 441 g/mol.